The van der Waals surface area contributed by atoms with E-state index in [1.807, 2.05) is 18.2 Å². The molecule has 1 heterocycles. The zero-order valence-corrected chi connectivity index (χ0v) is 9.95. The summed E-state index contributed by atoms with van der Waals surface area (Å²) >= 11 is 0. The minimum atomic E-state index is 0.239. The number of ether oxygens (including phenoxy) is 1. The van der Waals surface area contributed by atoms with Crippen LogP contribution in [0.5, 0.6) is 5.75 Å². The van der Waals surface area contributed by atoms with Crippen LogP contribution in [0.25, 0.3) is 0 Å². The van der Waals surface area contributed by atoms with Crippen LogP contribution in [0.4, 0.5) is 0 Å². The third-order valence-electron chi connectivity index (χ3n) is 2.82. The highest BCUT2D eigenvalue weighted by atomic mass is 16.5. The Morgan fingerprint density at radius 2 is 2.25 bits per heavy atom. The van der Waals surface area contributed by atoms with Crippen LogP contribution < -0.4 is 4.74 Å². The zero-order chi connectivity index (χ0) is 11.5. The lowest BCUT2D eigenvalue weighted by atomic mass is 9.97. The monoisotopic (exact) mass is 218 g/mol. The molecule has 0 N–H and O–H groups in total. The van der Waals surface area contributed by atoms with E-state index in [1.165, 1.54) is 5.56 Å². The number of rotatable bonds is 3. The van der Waals surface area contributed by atoms with E-state index in [0.717, 1.165) is 30.8 Å². The molecule has 1 aromatic rings. The SMILES string of the molecule is CC(C)CC(=O)c1ccc2c(c1)CCCO2. The predicted octanol–water partition coefficient (Wildman–Crippen LogP) is 3.24. The van der Waals surface area contributed by atoms with Crippen molar-refractivity contribution in [2.24, 2.45) is 5.92 Å². The number of benzene rings is 1. The molecule has 2 nitrogen and oxygen atoms in total. The van der Waals surface area contributed by atoms with E-state index in [0.29, 0.717) is 12.3 Å². The summed E-state index contributed by atoms with van der Waals surface area (Å²) in [6.45, 7) is 4.94. The van der Waals surface area contributed by atoms with Gasteiger partial charge in [-0.25, -0.2) is 0 Å². The smallest absolute Gasteiger partial charge is 0.163 e. The van der Waals surface area contributed by atoms with E-state index in [1.54, 1.807) is 0 Å². The number of hydrogen-bond acceptors (Lipinski definition) is 2. The highest BCUT2D eigenvalue weighted by Crippen LogP contribution is 2.26. The second kappa shape index (κ2) is 4.69. The van der Waals surface area contributed by atoms with Gasteiger partial charge in [0.25, 0.3) is 0 Å². The molecule has 86 valence electrons. The van der Waals surface area contributed by atoms with Gasteiger partial charge >= 0.3 is 0 Å². The molecule has 0 spiro atoms. The van der Waals surface area contributed by atoms with Crippen molar-refractivity contribution in [3.05, 3.63) is 29.3 Å². The Kier molecular flexibility index (Phi) is 3.28. The summed E-state index contributed by atoms with van der Waals surface area (Å²) in [5, 5.41) is 0. The van der Waals surface area contributed by atoms with E-state index < -0.39 is 0 Å². The van der Waals surface area contributed by atoms with Crippen molar-refractivity contribution in [3.8, 4) is 5.75 Å². The van der Waals surface area contributed by atoms with Crippen molar-refractivity contribution in [1.29, 1.82) is 0 Å². The summed E-state index contributed by atoms with van der Waals surface area (Å²) in [4.78, 5) is 11.9. The number of carbonyl (C=O) groups excluding carboxylic acids is 1. The number of aryl methyl sites for hydroxylation is 1. The van der Waals surface area contributed by atoms with E-state index in [4.69, 9.17) is 4.74 Å². The Morgan fingerprint density at radius 3 is 3.00 bits per heavy atom. The Morgan fingerprint density at radius 1 is 1.44 bits per heavy atom. The average molecular weight is 218 g/mol. The topological polar surface area (TPSA) is 26.3 Å². The number of hydrogen-bond donors (Lipinski definition) is 0. The standard InChI is InChI=1S/C14H18O2/c1-10(2)8-13(15)11-5-6-14-12(9-11)4-3-7-16-14/h5-6,9-10H,3-4,7-8H2,1-2H3. The minimum absolute atomic E-state index is 0.239. The maximum atomic E-state index is 11.9. The molecule has 0 radical (unpaired) electrons. The van der Waals surface area contributed by atoms with Crippen LogP contribution in [-0.4, -0.2) is 12.4 Å². The number of carbonyl (C=O) groups is 1. The quantitative estimate of drug-likeness (QED) is 0.728. The second-order valence-electron chi connectivity index (χ2n) is 4.80. The molecule has 1 aliphatic rings. The van der Waals surface area contributed by atoms with Crippen molar-refractivity contribution < 1.29 is 9.53 Å². The minimum Gasteiger partial charge on any atom is -0.493 e. The van der Waals surface area contributed by atoms with E-state index in [2.05, 4.69) is 13.8 Å². The molecule has 0 bridgehead atoms. The summed E-state index contributed by atoms with van der Waals surface area (Å²) in [5.41, 5.74) is 2.01. The first kappa shape index (κ1) is 11.2. The Balaban J connectivity index is 2.19. The maximum Gasteiger partial charge on any atom is 0.163 e. The van der Waals surface area contributed by atoms with Gasteiger partial charge in [-0.05, 0) is 42.5 Å². The average Bonchev–Trinajstić information content (AvgIpc) is 2.27. The van der Waals surface area contributed by atoms with Crippen LogP contribution in [0.15, 0.2) is 18.2 Å². The van der Waals surface area contributed by atoms with E-state index >= 15 is 0 Å². The molecule has 0 aliphatic carbocycles. The Bertz CT molecular complexity index is 394. The van der Waals surface area contributed by atoms with Gasteiger partial charge in [-0.15, -0.1) is 0 Å². The molecule has 2 heteroatoms. The van der Waals surface area contributed by atoms with Gasteiger partial charge in [-0.3, -0.25) is 4.79 Å². The van der Waals surface area contributed by atoms with Gasteiger partial charge in [0.15, 0.2) is 5.78 Å². The van der Waals surface area contributed by atoms with Crippen LogP contribution in [0.3, 0.4) is 0 Å². The highest BCUT2D eigenvalue weighted by molar-refractivity contribution is 5.96. The predicted molar refractivity (Wildman–Crippen MR) is 64.0 cm³/mol. The summed E-state index contributed by atoms with van der Waals surface area (Å²) < 4.78 is 5.53. The van der Waals surface area contributed by atoms with Gasteiger partial charge < -0.3 is 4.74 Å². The van der Waals surface area contributed by atoms with Gasteiger partial charge in [0.2, 0.25) is 0 Å². The third-order valence-corrected chi connectivity index (χ3v) is 2.82. The molecular formula is C14H18O2. The summed E-state index contributed by atoms with van der Waals surface area (Å²) in [7, 11) is 0. The molecule has 0 amide bonds. The van der Waals surface area contributed by atoms with Crippen molar-refractivity contribution >= 4 is 5.78 Å². The maximum absolute atomic E-state index is 11.9. The molecule has 2 rings (SSSR count). The number of Topliss-reactive ketones (excluding diaryl/α,β-unsaturated/α-hetero) is 1. The van der Waals surface area contributed by atoms with Crippen LogP contribution >= 0.6 is 0 Å². The summed E-state index contributed by atoms with van der Waals surface area (Å²) in [6, 6.07) is 5.82. The Labute approximate surface area is 96.6 Å². The van der Waals surface area contributed by atoms with Crippen LogP contribution in [0.2, 0.25) is 0 Å². The first-order chi connectivity index (χ1) is 7.66. The lowest BCUT2D eigenvalue weighted by Crippen LogP contribution is -2.10. The van der Waals surface area contributed by atoms with Gasteiger partial charge in [0.05, 0.1) is 6.61 Å². The van der Waals surface area contributed by atoms with Crippen molar-refractivity contribution in [3.63, 3.8) is 0 Å². The van der Waals surface area contributed by atoms with Crippen LogP contribution in [-0.2, 0) is 6.42 Å². The first-order valence-corrected chi connectivity index (χ1v) is 5.96. The fourth-order valence-electron chi connectivity index (χ4n) is 2.02. The summed E-state index contributed by atoms with van der Waals surface area (Å²) in [6.07, 6.45) is 2.70. The van der Waals surface area contributed by atoms with Crippen LogP contribution in [0.1, 0.15) is 42.6 Å². The lowest BCUT2D eigenvalue weighted by molar-refractivity contribution is 0.0967. The molecule has 0 atom stereocenters. The molecule has 16 heavy (non-hydrogen) atoms. The fourth-order valence-corrected chi connectivity index (χ4v) is 2.02. The Hall–Kier alpha value is -1.31. The first-order valence-electron chi connectivity index (χ1n) is 5.96. The molecular weight excluding hydrogens is 200 g/mol. The molecule has 0 saturated carbocycles. The second-order valence-corrected chi connectivity index (χ2v) is 4.80. The van der Waals surface area contributed by atoms with Crippen molar-refractivity contribution in [1.82, 2.24) is 0 Å². The van der Waals surface area contributed by atoms with Gasteiger partial charge in [0.1, 0.15) is 5.75 Å². The van der Waals surface area contributed by atoms with Gasteiger partial charge in [0, 0.05) is 12.0 Å². The molecule has 1 aliphatic heterocycles. The van der Waals surface area contributed by atoms with Crippen molar-refractivity contribution in [2.75, 3.05) is 6.61 Å². The molecule has 0 saturated heterocycles. The number of fused-ring (bicyclic) bond motifs is 1. The van der Waals surface area contributed by atoms with Gasteiger partial charge in [-0.1, -0.05) is 13.8 Å². The third kappa shape index (κ3) is 2.43. The number of ketones is 1. The van der Waals surface area contributed by atoms with E-state index in [9.17, 15) is 4.79 Å². The zero-order valence-electron chi connectivity index (χ0n) is 9.95. The molecule has 0 unspecified atom stereocenters. The highest BCUT2D eigenvalue weighted by Gasteiger charge is 2.14. The normalized spacial score (nSPS) is 14.4. The van der Waals surface area contributed by atoms with Gasteiger partial charge in [-0.2, -0.15) is 0 Å². The fraction of sp³-hybridized carbons (Fsp3) is 0.500. The summed E-state index contributed by atoms with van der Waals surface area (Å²) in [5.74, 6) is 1.61. The van der Waals surface area contributed by atoms with Crippen molar-refractivity contribution in [2.45, 2.75) is 33.1 Å². The molecule has 0 fully saturated rings. The molecule has 1 aromatic carbocycles. The van der Waals surface area contributed by atoms with Crippen LogP contribution in [0, 0.1) is 5.92 Å². The lowest BCUT2D eigenvalue weighted by Gasteiger charge is -2.17. The molecule has 0 aromatic heterocycles. The van der Waals surface area contributed by atoms with E-state index in [-0.39, 0.29) is 5.78 Å². The largest absolute Gasteiger partial charge is 0.493 e.